The van der Waals surface area contributed by atoms with Crippen molar-refractivity contribution in [2.75, 3.05) is 6.61 Å². The molecule has 1 aromatic carbocycles. The van der Waals surface area contributed by atoms with Crippen molar-refractivity contribution in [3.05, 3.63) is 42.1 Å². The second-order valence-corrected chi connectivity index (χ2v) is 3.48. The Morgan fingerprint density at radius 1 is 1.27 bits per heavy atom. The van der Waals surface area contributed by atoms with E-state index >= 15 is 0 Å². The van der Waals surface area contributed by atoms with Crippen molar-refractivity contribution < 1.29 is 10.2 Å². The van der Waals surface area contributed by atoms with E-state index in [1.807, 2.05) is 30.3 Å². The zero-order valence-electron chi connectivity index (χ0n) is 8.30. The molecule has 0 spiro atoms. The maximum Gasteiger partial charge on any atom is 0.0812 e. The number of fused-ring (bicyclic) bond motifs is 1. The highest BCUT2D eigenvalue weighted by Gasteiger charge is 2.06. The van der Waals surface area contributed by atoms with Crippen LogP contribution in [-0.4, -0.2) is 21.8 Å². The lowest BCUT2D eigenvalue weighted by Crippen LogP contribution is -1.99. The Bertz CT molecular complexity index is 456. The lowest BCUT2D eigenvalue weighted by atomic mass is 10.0. The Balaban J connectivity index is 2.38. The molecule has 0 aliphatic rings. The van der Waals surface area contributed by atoms with Gasteiger partial charge in [0.15, 0.2) is 0 Å². The van der Waals surface area contributed by atoms with Crippen molar-refractivity contribution in [3.63, 3.8) is 0 Å². The van der Waals surface area contributed by atoms with Gasteiger partial charge in [-0.15, -0.1) is 0 Å². The summed E-state index contributed by atoms with van der Waals surface area (Å²) >= 11 is 0. The summed E-state index contributed by atoms with van der Waals surface area (Å²) in [7, 11) is 0. The Labute approximate surface area is 88.0 Å². The Kier molecular flexibility index (Phi) is 2.94. The smallest absolute Gasteiger partial charge is 0.0812 e. The first kappa shape index (κ1) is 10.1. The lowest BCUT2D eigenvalue weighted by Gasteiger charge is -2.09. The molecule has 0 fully saturated rings. The van der Waals surface area contributed by atoms with Crippen LogP contribution in [0.1, 0.15) is 18.1 Å². The summed E-state index contributed by atoms with van der Waals surface area (Å²) < 4.78 is 0. The average molecular weight is 203 g/mol. The standard InChI is InChI=1S/C12H13NO2/c14-7-5-12(15)10-3-4-11-9(8-10)2-1-6-13-11/h1-4,6,8,12,14-15H,5,7H2. The molecule has 3 heteroatoms. The first-order chi connectivity index (χ1) is 7.31. The van der Waals surface area contributed by atoms with Gasteiger partial charge in [0.05, 0.1) is 11.6 Å². The maximum atomic E-state index is 9.70. The van der Waals surface area contributed by atoms with Gasteiger partial charge in [-0.1, -0.05) is 12.1 Å². The summed E-state index contributed by atoms with van der Waals surface area (Å²) in [5, 5.41) is 19.4. The van der Waals surface area contributed by atoms with E-state index < -0.39 is 6.10 Å². The fourth-order valence-corrected chi connectivity index (χ4v) is 1.59. The summed E-state index contributed by atoms with van der Waals surface area (Å²) in [5.74, 6) is 0. The quantitative estimate of drug-likeness (QED) is 0.797. The fourth-order valence-electron chi connectivity index (χ4n) is 1.59. The first-order valence-electron chi connectivity index (χ1n) is 4.95. The summed E-state index contributed by atoms with van der Waals surface area (Å²) in [4.78, 5) is 4.20. The van der Waals surface area contributed by atoms with E-state index in [1.54, 1.807) is 6.20 Å². The third-order valence-corrected chi connectivity index (χ3v) is 2.41. The first-order valence-corrected chi connectivity index (χ1v) is 4.95. The molecule has 3 nitrogen and oxygen atoms in total. The Hall–Kier alpha value is -1.45. The molecule has 0 saturated carbocycles. The van der Waals surface area contributed by atoms with Gasteiger partial charge in [-0.2, -0.15) is 0 Å². The molecule has 1 aromatic heterocycles. The van der Waals surface area contributed by atoms with Gasteiger partial charge in [-0.05, 0) is 23.8 Å². The number of aliphatic hydroxyl groups is 2. The van der Waals surface area contributed by atoms with E-state index in [1.165, 1.54) is 0 Å². The average Bonchev–Trinajstić information content (AvgIpc) is 2.29. The van der Waals surface area contributed by atoms with E-state index in [-0.39, 0.29) is 6.61 Å². The second-order valence-electron chi connectivity index (χ2n) is 3.48. The molecule has 0 aliphatic heterocycles. The van der Waals surface area contributed by atoms with Crippen molar-refractivity contribution in [1.29, 1.82) is 0 Å². The molecule has 2 aromatic rings. The molecule has 2 rings (SSSR count). The predicted molar refractivity (Wildman–Crippen MR) is 58.4 cm³/mol. The molecule has 2 N–H and O–H groups in total. The van der Waals surface area contributed by atoms with E-state index in [4.69, 9.17) is 5.11 Å². The SMILES string of the molecule is OCCC(O)c1ccc2ncccc2c1. The van der Waals surface area contributed by atoms with E-state index in [0.29, 0.717) is 6.42 Å². The minimum absolute atomic E-state index is 0.00769. The minimum Gasteiger partial charge on any atom is -0.396 e. The third kappa shape index (κ3) is 2.14. The van der Waals surface area contributed by atoms with E-state index in [0.717, 1.165) is 16.5 Å². The molecule has 1 heterocycles. The van der Waals surface area contributed by atoms with Gasteiger partial charge in [0.1, 0.15) is 0 Å². The van der Waals surface area contributed by atoms with Crippen LogP contribution in [0.4, 0.5) is 0 Å². The number of nitrogens with zero attached hydrogens (tertiary/aromatic N) is 1. The van der Waals surface area contributed by atoms with E-state index in [9.17, 15) is 5.11 Å². The van der Waals surface area contributed by atoms with Crippen LogP contribution >= 0.6 is 0 Å². The number of aromatic nitrogens is 1. The number of hydrogen-bond acceptors (Lipinski definition) is 3. The fraction of sp³-hybridized carbons (Fsp3) is 0.250. The highest BCUT2D eigenvalue weighted by atomic mass is 16.3. The number of pyridine rings is 1. The van der Waals surface area contributed by atoms with Crippen LogP contribution in [-0.2, 0) is 0 Å². The predicted octanol–water partition coefficient (Wildman–Crippen LogP) is 1.65. The van der Waals surface area contributed by atoms with E-state index in [2.05, 4.69) is 4.98 Å². The number of hydrogen-bond donors (Lipinski definition) is 2. The number of benzene rings is 1. The molecular formula is C12H13NO2. The van der Waals surface area contributed by atoms with Crippen LogP contribution in [0, 0.1) is 0 Å². The summed E-state index contributed by atoms with van der Waals surface area (Å²) in [6.45, 7) is -0.00769. The monoisotopic (exact) mass is 203 g/mol. The molecule has 1 unspecified atom stereocenters. The number of aliphatic hydroxyl groups excluding tert-OH is 2. The normalized spacial score (nSPS) is 12.9. The molecule has 0 saturated heterocycles. The van der Waals surface area contributed by atoms with Crippen molar-refractivity contribution >= 4 is 10.9 Å². The van der Waals surface area contributed by atoms with Crippen LogP contribution in [0.25, 0.3) is 10.9 Å². The summed E-state index contributed by atoms with van der Waals surface area (Å²) in [6.07, 6.45) is 1.51. The van der Waals surface area contributed by atoms with Crippen molar-refractivity contribution in [1.82, 2.24) is 4.98 Å². The molecule has 0 amide bonds. The minimum atomic E-state index is -0.598. The highest BCUT2D eigenvalue weighted by molar-refractivity contribution is 5.78. The van der Waals surface area contributed by atoms with Crippen LogP contribution < -0.4 is 0 Å². The van der Waals surface area contributed by atoms with Gasteiger partial charge in [-0.25, -0.2) is 0 Å². The summed E-state index contributed by atoms with van der Waals surface area (Å²) in [6, 6.07) is 9.45. The van der Waals surface area contributed by atoms with Gasteiger partial charge in [0.2, 0.25) is 0 Å². The van der Waals surface area contributed by atoms with Gasteiger partial charge in [-0.3, -0.25) is 4.98 Å². The molecule has 0 radical (unpaired) electrons. The third-order valence-electron chi connectivity index (χ3n) is 2.41. The van der Waals surface area contributed by atoms with Crippen LogP contribution in [0.3, 0.4) is 0 Å². The van der Waals surface area contributed by atoms with Gasteiger partial charge in [0.25, 0.3) is 0 Å². The summed E-state index contributed by atoms with van der Waals surface area (Å²) in [5.41, 5.74) is 1.74. The largest absolute Gasteiger partial charge is 0.396 e. The highest BCUT2D eigenvalue weighted by Crippen LogP contribution is 2.20. The van der Waals surface area contributed by atoms with Crippen molar-refractivity contribution in [2.24, 2.45) is 0 Å². The maximum absolute atomic E-state index is 9.70. The van der Waals surface area contributed by atoms with Crippen LogP contribution in [0.15, 0.2) is 36.5 Å². The van der Waals surface area contributed by atoms with Gasteiger partial charge < -0.3 is 10.2 Å². The lowest BCUT2D eigenvalue weighted by molar-refractivity contribution is 0.134. The molecular weight excluding hydrogens is 190 g/mol. The zero-order chi connectivity index (χ0) is 10.7. The second kappa shape index (κ2) is 4.38. The van der Waals surface area contributed by atoms with Crippen LogP contribution in [0.5, 0.6) is 0 Å². The molecule has 0 bridgehead atoms. The van der Waals surface area contributed by atoms with Crippen molar-refractivity contribution in [3.8, 4) is 0 Å². The molecule has 0 aliphatic carbocycles. The number of rotatable bonds is 3. The molecule has 15 heavy (non-hydrogen) atoms. The van der Waals surface area contributed by atoms with Crippen molar-refractivity contribution in [2.45, 2.75) is 12.5 Å². The van der Waals surface area contributed by atoms with Gasteiger partial charge >= 0.3 is 0 Å². The topological polar surface area (TPSA) is 53.4 Å². The van der Waals surface area contributed by atoms with Crippen LogP contribution in [0.2, 0.25) is 0 Å². The Morgan fingerprint density at radius 2 is 2.13 bits per heavy atom. The zero-order valence-corrected chi connectivity index (χ0v) is 8.30. The molecule has 1 atom stereocenters. The Morgan fingerprint density at radius 3 is 2.93 bits per heavy atom. The molecule has 78 valence electrons. The van der Waals surface area contributed by atoms with Gasteiger partial charge in [0, 0.05) is 24.6 Å².